The van der Waals surface area contributed by atoms with Gasteiger partial charge in [0.2, 0.25) is 0 Å². The Morgan fingerprint density at radius 3 is 2.83 bits per heavy atom. The normalized spacial score (nSPS) is 10.1. The number of halogens is 1. The van der Waals surface area contributed by atoms with Crippen LogP contribution in [0.5, 0.6) is 0 Å². The van der Waals surface area contributed by atoms with Crippen molar-refractivity contribution in [1.82, 2.24) is 4.98 Å². The zero-order valence-corrected chi connectivity index (χ0v) is 10.4. The highest BCUT2D eigenvalue weighted by molar-refractivity contribution is 6.33. The summed E-state index contributed by atoms with van der Waals surface area (Å²) in [6, 6.07) is 8.71. The first-order valence-corrected chi connectivity index (χ1v) is 5.67. The first-order chi connectivity index (χ1) is 8.58. The van der Waals surface area contributed by atoms with Gasteiger partial charge in [0.1, 0.15) is 5.69 Å². The largest absolute Gasteiger partial charge is 0.477 e. The lowest BCUT2D eigenvalue weighted by Gasteiger charge is -2.11. The molecule has 0 aliphatic heterocycles. The second-order valence-electron chi connectivity index (χ2n) is 3.79. The van der Waals surface area contributed by atoms with Crippen molar-refractivity contribution < 1.29 is 9.90 Å². The molecule has 5 heteroatoms. The number of pyridine rings is 1. The summed E-state index contributed by atoms with van der Waals surface area (Å²) in [5.41, 5.74) is 2.38. The maximum absolute atomic E-state index is 10.8. The Morgan fingerprint density at radius 2 is 2.17 bits per heavy atom. The van der Waals surface area contributed by atoms with E-state index in [0.717, 1.165) is 11.3 Å². The quantitative estimate of drug-likeness (QED) is 0.889. The van der Waals surface area contributed by atoms with Crippen molar-refractivity contribution in [2.24, 2.45) is 0 Å². The lowest BCUT2D eigenvalue weighted by molar-refractivity contribution is 0.0690. The standard InChI is InChI=1S/C13H11ClN2O2/c1-8-3-2-4-10(14)12(8)16-9-5-6-15-11(7-9)13(17)18/h2-7H,1H3,(H,15,16)(H,17,18). The zero-order valence-electron chi connectivity index (χ0n) is 9.64. The predicted octanol–water partition coefficient (Wildman–Crippen LogP) is 3.49. The van der Waals surface area contributed by atoms with Crippen LogP contribution in [-0.2, 0) is 0 Å². The van der Waals surface area contributed by atoms with Crippen LogP contribution in [-0.4, -0.2) is 16.1 Å². The molecule has 0 atom stereocenters. The topological polar surface area (TPSA) is 62.2 Å². The monoisotopic (exact) mass is 262 g/mol. The van der Waals surface area contributed by atoms with E-state index in [1.807, 2.05) is 19.1 Å². The van der Waals surface area contributed by atoms with Crippen LogP contribution in [0.2, 0.25) is 5.02 Å². The molecule has 1 aromatic heterocycles. The van der Waals surface area contributed by atoms with E-state index in [2.05, 4.69) is 10.3 Å². The minimum absolute atomic E-state index is 0.00953. The second-order valence-corrected chi connectivity index (χ2v) is 4.20. The van der Waals surface area contributed by atoms with Gasteiger partial charge >= 0.3 is 5.97 Å². The smallest absolute Gasteiger partial charge is 0.354 e. The van der Waals surface area contributed by atoms with Crippen molar-refractivity contribution in [3.63, 3.8) is 0 Å². The van der Waals surface area contributed by atoms with E-state index in [-0.39, 0.29) is 5.69 Å². The molecule has 2 aromatic rings. The summed E-state index contributed by atoms with van der Waals surface area (Å²) in [7, 11) is 0. The fourth-order valence-corrected chi connectivity index (χ4v) is 1.83. The third-order valence-electron chi connectivity index (χ3n) is 2.47. The van der Waals surface area contributed by atoms with Crippen LogP contribution in [0.1, 0.15) is 16.1 Å². The molecule has 0 spiro atoms. The highest BCUT2D eigenvalue weighted by Gasteiger charge is 2.07. The molecule has 1 aromatic carbocycles. The molecule has 0 radical (unpaired) electrons. The van der Waals surface area contributed by atoms with Gasteiger partial charge in [0, 0.05) is 11.9 Å². The minimum atomic E-state index is -1.06. The summed E-state index contributed by atoms with van der Waals surface area (Å²) < 4.78 is 0. The van der Waals surface area contributed by atoms with Crippen molar-refractivity contribution in [1.29, 1.82) is 0 Å². The Hall–Kier alpha value is -2.07. The van der Waals surface area contributed by atoms with Crippen LogP contribution < -0.4 is 5.32 Å². The van der Waals surface area contributed by atoms with E-state index in [1.54, 1.807) is 12.1 Å². The van der Waals surface area contributed by atoms with Crippen molar-refractivity contribution >= 4 is 28.9 Å². The lowest BCUT2D eigenvalue weighted by Crippen LogP contribution is -2.01. The van der Waals surface area contributed by atoms with Crippen LogP contribution in [0.4, 0.5) is 11.4 Å². The van der Waals surface area contributed by atoms with E-state index < -0.39 is 5.97 Å². The number of nitrogens with one attached hydrogen (secondary N) is 1. The van der Waals surface area contributed by atoms with E-state index in [4.69, 9.17) is 16.7 Å². The summed E-state index contributed by atoms with van der Waals surface area (Å²) in [6.45, 7) is 1.92. The number of carboxylic acid groups (broad SMARTS) is 1. The summed E-state index contributed by atoms with van der Waals surface area (Å²) >= 11 is 6.09. The Labute approximate surface area is 109 Å². The van der Waals surface area contributed by atoms with Crippen LogP contribution in [0.25, 0.3) is 0 Å². The van der Waals surface area contributed by atoms with Crippen LogP contribution >= 0.6 is 11.6 Å². The number of aryl methyl sites for hydroxylation is 1. The summed E-state index contributed by atoms with van der Waals surface area (Å²) in [6.07, 6.45) is 1.44. The number of benzene rings is 1. The third-order valence-corrected chi connectivity index (χ3v) is 2.79. The fourth-order valence-electron chi connectivity index (χ4n) is 1.56. The molecule has 4 nitrogen and oxygen atoms in total. The van der Waals surface area contributed by atoms with Crippen LogP contribution in [0, 0.1) is 6.92 Å². The maximum atomic E-state index is 10.8. The van der Waals surface area contributed by atoms with Crippen molar-refractivity contribution in [3.8, 4) is 0 Å². The average molecular weight is 263 g/mol. The summed E-state index contributed by atoms with van der Waals surface area (Å²) in [5, 5.41) is 12.6. The number of nitrogens with zero attached hydrogens (tertiary/aromatic N) is 1. The van der Waals surface area contributed by atoms with Gasteiger partial charge in [-0.05, 0) is 30.7 Å². The van der Waals surface area contributed by atoms with Gasteiger partial charge in [-0.25, -0.2) is 9.78 Å². The first-order valence-electron chi connectivity index (χ1n) is 5.29. The van der Waals surface area contributed by atoms with E-state index in [9.17, 15) is 4.79 Å². The second kappa shape index (κ2) is 5.06. The van der Waals surface area contributed by atoms with E-state index in [0.29, 0.717) is 10.7 Å². The number of para-hydroxylation sites is 1. The minimum Gasteiger partial charge on any atom is -0.477 e. The van der Waals surface area contributed by atoms with Crippen molar-refractivity contribution in [3.05, 3.63) is 52.8 Å². The van der Waals surface area contributed by atoms with Crippen molar-refractivity contribution in [2.45, 2.75) is 6.92 Å². The molecule has 92 valence electrons. The molecule has 0 saturated carbocycles. The Morgan fingerprint density at radius 1 is 1.39 bits per heavy atom. The van der Waals surface area contributed by atoms with Crippen LogP contribution in [0.3, 0.4) is 0 Å². The summed E-state index contributed by atoms with van der Waals surface area (Å²) in [5.74, 6) is -1.06. The molecule has 18 heavy (non-hydrogen) atoms. The molecule has 0 fully saturated rings. The number of hydrogen-bond acceptors (Lipinski definition) is 3. The molecule has 0 aliphatic carbocycles. The number of rotatable bonds is 3. The predicted molar refractivity (Wildman–Crippen MR) is 70.7 cm³/mol. The van der Waals surface area contributed by atoms with Gasteiger partial charge in [-0.2, -0.15) is 0 Å². The van der Waals surface area contributed by atoms with Gasteiger partial charge in [0.05, 0.1) is 10.7 Å². The maximum Gasteiger partial charge on any atom is 0.354 e. The molecule has 0 unspecified atom stereocenters. The fraction of sp³-hybridized carbons (Fsp3) is 0.0769. The molecule has 0 saturated heterocycles. The van der Waals surface area contributed by atoms with Gasteiger partial charge in [0.15, 0.2) is 0 Å². The number of anilines is 2. The molecular formula is C13H11ClN2O2. The number of aromatic nitrogens is 1. The van der Waals surface area contributed by atoms with Crippen molar-refractivity contribution in [2.75, 3.05) is 5.32 Å². The molecule has 1 heterocycles. The van der Waals surface area contributed by atoms with Gasteiger partial charge in [-0.15, -0.1) is 0 Å². The molecular weight excluding hydrogens is 252 g/mol. The van der Waals surface area contributed by atoms with Gasteiger partial charge < -0.3 is 10.4 Å². The van der Waals surface area contributed by atoms with E-state index in [1.165, 1.54) is 12.3 Å². The molecule has 0 amide bonds. The van der Waals surface area contributed by atoms with Gasteiger partial charge in [-0.3, -0.25) is 0 Å². The molecule has 2 N–H and O–H groups in total. The van der Waals surface area contributed by atoms with Gasteiger partial charge in [0.25, 0.3) is 0 Å². The number of carboxylic acids is 1. The number of aromatic carboxylic acids is 1. The SMILES string of the molecule is Cc1cccc(Cl)c1Nc1ccnc(C(=O)O)c1. The van der Waals surface area contributed by atoms with E-state index >= 15 is 0 Å². The van der Waals surface area contributed by atoms with Gasteiger partial charge in [-0.1, -0.05) is 23.7 Å². The highest BCUT2D eigenvalue weighted by Crippen LogP contribution is 2.28. The first kappa shape index (κ1) is 12.4. The average Bonchev–Trinajstić information content (AvgIpc) is 2.34. The Bertz CT molecular complexity index is 579. The molecule has 2 rings (SSSR count). The Balaban J connectivity index is 2.34. The molecule has 0 bridgehead atoms. The zero-order chi connectivity index (χ0) is 13.1. The number of hydrogen-bond donors (Lipinski definition) is 2. The summed E-state index contributed by atoms with van der Waals surface area (Å²) in [4.78, 5) is 14.6. The number of carbonyl (C=O) groups is 1. The molecule has 0 aliphatic rings. The lowest BCUT2D eigenvalue weighted by atomic mass is 10.2. The van der Waals surface area contributed by atoms with Crippen LogP contribution in [0.15, 0.2) is 36.5 Å². The third kappa shape index (κ3) is 2.60. The Kier molecular flexibility index (Phi) is 3.48. The highest BCUT2D eigenvalue weighted by atomic mass is 35.5.